The molecule has 1 aromatic rings. The number of carbonyl (C=O) groups is 1. The van der Waals surface area contributed by atoms with Gasteiger partial charge in [0.15, 0.2) is 5.78 Å². The first-order chi connectivity index (χ1) is 7.24. The van der Waals surface area contributed by atoms with Gasteiger partial charge in [0.2, 0.25) is 0 Å². The van der Waals surface area contributed by atoms with Gasteiger partial charge in [-0.15, -0.1) is 0 Å². The minimum atomic E-state index is 0.0823. The van der Waals surface area contributed by atoms with E-state index in [2.05, 4.69) is 5.32 Å². The molecule has 2 rings (SSSR count). The quantitative estimate of drug-likeness (QED) is 0.799. The van der Waals surface area contributed by atoms with Crippen molar-refractivity contribution in [2.45, 2.75) is 12.8 Å². The Balaban J connectivity index is 2.60. The second kappa shape index (κ2) is 4.11. The van der Waals surface area contributed by atoms with Crippen LogP contribution in [0.15, 0.2) is 12.1 Å². The molecule has 4 heteroatoms. The molecule has 0 bridgehead atoms. The number of halogens is 1. The summed E-state index contributed by atoms with van der Waals surface area (Å²) in [7, 11) is 1.58. The molecule has 0 aromatic heterocycles. The van der Waals surface area contributed by atoms with Gasteiger partial charge in [-0.3, -0.25) is 4.79 Å². The lowest BCUT2D eigenvalue weighted by Crippen LogP contribution is -2.03. The van der Waals surface area contributed by atoms with Crippen molar-refractivity contribution >= 4 is 23.1 Å². The number of hydrogen-bond acceptors (Lipinski definition) is 3. The van der Waals surface area contributed by atoms with Crippen molar-refractivity contribution in [3.05, 3.63) is 22.7 Å². The first kappa shape index (κ1) is 10.3. The number of rotatable bonds is 1. The number of carbonyl (C=O) groups excluding carboxylic acids is 1. The lowest BCUT2D eigenvalue weighted by atomic mass is 10.1. The fraction of sp³-hybridized carbons (Fsp3) is 0.364. The highest BCUT2D eigenvalue weighted by atomic mass is 35.5. The predicted octanol–water partition coefficient (Wildman–Crippen LogP) is 2.74. The summed E-state index contributed by atoms with van der Waals surface area (Å²) in [6.45, 7) is 0.773. The van der Waals surface area contributed by atoms with Crippen molar-refractivity contribution in [3.8, 4) is 5.75 Å². The van der Waals surface area contributed by atoms with Gasteiger partial charge >= 0.3 is 0 Å². The standard InChI is InChI=1S/C11H12ClNO2/c1-15-9-5-4-7(12)10-8(14)3-2-6-13-11(9)10/h4-5,13H,2-3,6H2,1H3. The number of anilines is 1. The summed E-state index contributed by atoms with van der Waals surface area (Å²) in [5.41, 5.74) is 1.29. The number of Topliss-reactive ketones (excluding diaryl/α,β-unsaturated/α-hetero) is 1. The number of ether oxygens (including phenoxy) is 1. The fourth-order valence-electron chi connectivity index (χ4n) is 1.76. The minimum absolute atomic E-state index is 0.0823. The van der Waals surface area contributed by atoms with Crippen LogP contribution in [0, 0.1) is 0 Å². The van der Waals surface area contributed by atoms with Gasteiger partial charge in [-0.2, -0.15) is 0 Å². The lowest BCUT2D eigenvalue weighted by molar-refractivity contribution is 0.0983. The third-order valence-electron chi connectivity index (χ3n) is 2.50. The molecule has 1 aromatic carbocycles. The highest BCUT2D eigenvalue weighted by molar-refractivity contribution is 6.35. The zero-order valence-electron chi connectivity index (χ0n) is 8.47. The molecule has 1 heterocycles. The maximum atomic E-state index is 11.8. The smallest absolute Gasteiger partial charge is 0.166 e. The molecule has 0 aliphatic carbocycles. The Kier molecular flexibility index (Phi) is 2.82. The highest BCUT2D eigenvalue weighted by Gasteiger charge is 2.21. The molecule has 3 nitrogen and oxygen atoms in total. The molecule has 0 spiro atoms. The van der Waals surface area contributed by atoms with Crippen LogP contribution < -0.4 is 10.1 Å². The summed E-state index contributed by atoms with van der Waals surface area (Å²) in [5.74, 6) is 0.753. The Hall–Kier alpha value is -1.22. The van der Waals surface area contributed by atoms with Gasteiger partial charge in [-0.25, -0.2) is 0 Å². The van der Waals surface area contributed by atoms with Crippen LogP contribution >= 0.6 is 11.6 Å². The lowest BCUT2D eigenvalue weighted by Gasteiger charge is -2.12. The van der Waals surface area contributed by atoms with E-state index < -0.39 is 0 Å². The number of benzene rings is 1. The van der Waals surface area contributed by atoms with Crippen LogP contribution in [0.3, 0.4) is 0 Å². The van der Waals surface area contributed by atoms with Crippen LogP contribution in [0.25, 0.3) is 0 Å². The Morgan fingerprint density at radius 2 is 2.27 bits per heavy atom. The molecule has 0 fully saturated rings. The van der Waals surface area contributed by atoms with E-state index in [0.29, 0.717) is 22.8 Å². The van der Waals surface area contributed by atoms with Crippen molar-refractivity contribution in [1.29, 1.82) is 0 Å². The minimum Gasteiger partial charge on any atom is -0.495 e. The van der Waals surface area contributed by atoms with E-state index in [0.717, 1.165) is 18.7 Å². The zero-order chi connectivity index (χ0) is 10.8. The average Bonchev–Trinajstić information content (AvgIpc) is 2.42. The number of ketones is 1. The molecular formula is C11H12ClNO2. The molecule has 15 heavy (non-hydrogen) atoms. The second-order valence-corrected chi connectivity index (χ2v) is 3.86. The van der Waals surface area contributed by atoms with Crippen LogP contribution in [-0.4, -0.2) is 19.4 Å². The van der Waals surface area contributed by atoms with Crippen molar-refractivity contribution in [3.63, 3.8) is 0 Å². The van der Waals surface area contributed by atoms with E-state index >= 15 is 0 Å². The Bertz CT molecular complexity index is 404. The number of fused-ring (bicyclic) bond motifs is 1. The molecule has 0 atom stereocenters. The first-order valence-electron chi connectivity index (χ1n) is 4.87. The molecule has 80 valence electrons. The van der Waals surface area contributed by atoms with Gasteiger partial charge in [0.05, 0.1) is 23.4 Å². The Morgan fingerprint density at radius 3 is 3.00 bits per heavy atom. The molecule has 0 unspecified atom stereocenters. The molecule has 1 aliphatic rings. The van der Waals surface area contributed by atoms with Crippen molar-refractivity contribution < 1.29 is 9.53 Å². The zero-order valence-corrected chi connectivity index (χ0v) is 9.23. The van der Waals surface area contributed by atoms with Crippen molar-refractivity contribution in [2.24, 2.45) is 0 Å². The summed E-state index contributed by atoms with van der Waals surface area (Å²) >= 11 is 6.02. The summed E-state index contributed by atoms with van der Waals surface area (Å²) in [5, 5.41) is 3.68. The van der Waals surface area contributed by atoms with E-state index in [1.807, 2.05) is 0 Å². The van der Waals surface area contributed by atoms with Gasteiger partial charge in [-0.05, 0) is 18.6 Å². The summed E-state index contributed by atoms with van der Waals surface area (Å²) in [4.78, 5) is 11.8. The predicted molar refractivity (Wildman–Crippen MR) is 60.1 cm³/mol. The third kappa shape index (κ3) is 1.79. The topological polar surface area (TPSA) is 38.3 Å². The maximum Gasteiger partial charge on any atom is 0.166 e. The molecule has 1 N–H and O–H groups in total. The van der Waals surface area contributed by atoms with Gasteiger partial charge in [-0.1, -0.05) is 11.6 Å². The summed E-state index contributed by atoms with van der Waals surface area (Å²) in [6.07, 6.45) is 1.36. The highest BCUT2D eigenvalue weighted by Crippen LogP contribution is 2.36. The SMILES string of the molecule is COc1ccc(Cl)c2c1NCCCC2=O. The molecule has 0 saturated heterocycles. The van der Waals surface area contributed by atoms with E-state index in [1.54, 1.807) is 19.2 Å². The number of hydrogen-bond donors (Lipinski definition) is 1. The van der Waals surface area contributed by atoms with Gasteiger partial charge in [0.25, 0.3) is 0 Å². The third-order valence-corrected chi connectivity index (χ3v) is 2.81. The van der Waals surface area contributed by atoms with Crippen LogP contribution in [0.1, 0.15) is 23.2 Å². The summed E-state index contributed by atoms with van der Waals surface area (Å²) in [6, 6.07) is 3.47. The number of nitrogens with one attached hydrogen (secondary N) is 1. The Labute approximate surface area is 93.4 Å². The van der Waals surface area contributed by atoms with Crippen LogP contribution in [0.2, 0.25) is 5.02 Å². The monoisotopic (exact) mass is 225 g/mol. The molecular weight excluding hydrogens is 214 g/mol. The van der Waals surface area contributed by atoms with Crippen LogP contribution in [0.4, 0.5) is 5.69 Å². The normalized spacial score (nSPS) is 15.2. The first-order valence-corrected chi connectivity index (χ1v) is 5.25. The molecule has 1 aliphatic heterocycles. The van der Waals surface area contributed by atoms with Gasteiger partial charge in [0.1, 0.15) is 5.75 Å². The van der Waals surface area contributed by atoms with Gasteiger partial charge < -0.3 is 10.1 Å². The van der Waals surface area contributed by atoms with Gasteiger partial charge in [0, 0.05) is 13.0 Å². The van der Waals surface area contributed by atoms with Crippen LogP contribution in [0.5, 0.6) is 5.75 Å². The molecule has 0 radical (unpaired) electrons. The molecule has 0 saturated carbocycles. The van der Waals surface area contributed by atoms with E-state index in [1.165, 1.54) is 0 Å². The second-order valence-electron chi connectivity index (χ2n) is 3.45. The van der Waals surface area contributed by atoms with Crippen molar-refractivity contribution in [1.82, 2.24) is 0 Å². The molecule has 0 amide bonds. The van der Waals surface area contributed by atoms with Crippen LogP contribution in [-0.2, 0) is 0 Å². The summed E-state index contributed by atoms with van der Waals surface area (Å²) < 4.78 is 5.20. The maximum absolute atomic E-state index is 11.8. The number of methoxy groups -OCH3 is 1. The largest absolute Gasteiger partial charge is 0.495 e. The van der Waals surface area contributed by atoms with E-state index in [9.17, 15) is 4.79 Å². The van der Waals surface area contributed by atoms with E-state index in [4.69, 9.17) is 16.3 Å². The fourth-order valence-corrected chi connectivity index (χ4v) is 2.03. The average molecular weight is 226 g/mol. The van der Waals surface area contributed by atoms with E-state index in [-0.39, 0.29) is 5.78 Å². The Morgan fingerprint density at radius 1 is 1.47 bits per heavy atom. The van der Waals surface area contributed by atoms with Crippen molar-refractivity contribution in [2.75, 3.05) is 19.0 Å².